The van der Waals surface area contributed by atoms with Crippen molar-refractivity contribution in [3.05, 3.63) is 41.4 Å². The van der Waals surface area contributed by atoms with Crippen LogP contribution in [0, 0.1) is 0 Å². The number of nitrogens with zero attached hydrogens (tertiary/aromatic N) is 2. The lowest BCUT2D eigenvalue weighted by molar-refractivity contribution is -0.126. The van der Waals surface area contributed by atoms with E-state index in [0.29, 0.717) is 0 Å². The van der Waals surface area contributed by atoms with E-state index in [4.69, 9.17) is 11.6 Å². The van der Waals surface area contributed by atoms with Crippen LogP contribution in [0.2, 0.25) is 5.02 Å². The van der Waals surface area contributed by atoms with Crippen molar-refractivity contribution in [3.63, 3.8) is 0 Å². The summed E-state index contributed by atoms with van der Waals surface area (Å²) in [6.07, 6.45) is 3.40. The number of anilines is 1. The van der Waals surface area contributed by atoms with Crippen LogP contribution in [0.25, 0.3) is 0 Å². The van der Waals surface area contributed by atoms with Gasteiger partial charge in [0.25, 0.3) is 0 Å². The van der Waals surface area contributed by atoms with Crippen LogP contribution in [0.3, 0.4) is 0 Å². The number of halogens is 1. The van der Waals surface area contributed by atoms with Gasteiger partial charge in [-0.1, -0.05) is 29.8 Å². The fraction of sp³-hybridized carbons (Fsp3) is 0.357. The van der Waals surface area contributed by atoms with Gasteiger partial charge in [-0.15, -0.1) is 0 Å². The summed E-state index contributed by atoms with van der Waals surface area (Å²) in [5, 5.41) is 0.769. The Morgan fingerprint density at radius 2 is 1.89 bits per heavy atom. The van der Waals surface area contributed by atoms with Gasteiger partial charge in [0, 0.05) is 26.2 Å². The standard InChI is InChI=1S/C14H17ClN2O/c1-2-5-14(18)17-10-8-16(9-11-17)13-7-4-3-6-12(13)15/h2-7H,8-11H2,1H3. The lowest BCUT2D eigenvalue weighted by Gasteiger charge is -2.36. The molecule has 0 unspecified atom stereocenters. The molecule has 1 fully saturated rings. The minimum absolute atomic E-state index is 0.0938. The Hall–Kier alpha value is -1.48. The third-order valence-electron chi connectivity index (χ3n) is 3.09. The second-order valence-corrected chi connectivity index (χ2v) is 4.67. The average molecular weight is 265 g/mol. The maximum atomic E-state index is 11.7. The summed E-state index contributed by atoms with van der Waals surface area (Å²) >= 11 is 6.17. The molecule has 0 aromatic heterocycles. The van der Waals surface area contributed by atoms with Crippen molar-refractivity contribution in [2.24, 2.45) is 0 Å². The number of carbonyl (C=O) groups is 1. The Kier molecular flexibility index (Phi) is 4.26. The normalized spacial score (nSPS) is 16.3. The molecule has 2 rings (SSSR count). The van der Waals surface area contributed by atoms with E-state index in [1.54, 1.807) is 12.2 Å². The Labute approximate surface area is 113 Å². The largest absolute Gasteiger partial charge is 0.367 e. The van der Waals surface area contributed by atoms with Gasteiger partial charge in [0.2, 0.25) is 5.91 Å². The molecule has 1 saturated heterocycles. The van der Waals surface area contributed by atoms with E-state index >= 15 is 0 Å². The molecule has 1 amide bonds. The van der Waals surface area contributed by atoms with Crippen LogP contribution in [0.4, 0.5) is 5.69 Å². The molecule has 3 nitrogen and oxygen atoms in total. The molecule has 1 aliphatic rings. The molecule has 0 atom stereocenters. The van der Waals surface area contributed by atoms with E-state index in [1.807, 2.05) is 36.1 Å². The first kappa shape index (κ1) is 13.0. The zero-order chi connectivity index (χ0) is 13.0. The summed E-state index contributed by atoms with van der Waals surface area (Å²) in [6.45, 7) is 5.00. The zero-order valence-corrected chi connectivity index (χ0v) is 11.2. The number of carbonyl (C=O) groups excluding carboxylic acids is 1. The molecular weight excluding hydrogens is 248 g/mol. The highest BCUT2D eigenvalue weighted by atomic mass is 35.5. The maximum absolute atomic E-state index is 11.7. The quantitative estimate of drug-likeness (QED) is 0.767. The van der Waals surface area contributed by atoms with Crippen molar-refractivity contribution >= 4 is 23.2 Å². The summed E-state index contributed by atoms with van der Waals surface area (Å²) in [7, 11) is 0. The van der Waals surface area contributed by atoms with Crippen molar-refractivity contribution in [2.45, 2.75) is 6.92 Å². The molecule has 96 valence electrons. The molecule has 4 heteroatoms. The molecule has 1 heterocycles. The van der Waals surface area contributed by atoms with Gasteiger partial charge in [-0.05, 0) is 25.1 Å². The van der Waals surface area contributed by atoms with Crippen molar-refractivity contribution < 1.29 is 4.79 Å². The smallest absolute Gasteiger partial charge is 0.246 e. The van der Waals surface area contributed by atoms with Crippen molar-refractivity contribution in [2.75, 3.05) is 31.1 Å². The average Bonchev–Trinajstić information content (AvgIpc) is 2.40. The van der Waals surface area contributed by atoms with E-state index < -0.39 is 0 Å². The molecule has 0 aliphatic carbocycles. The molecule has 1 aromatic carbocycles. The van der Waals surface area contributed by atoms with E-state index in [-0.39, 0.29) is 5.91 Å². The van der Waals surface area contributed by atoms with E-state index in [1.165, 1.54) is 0 Å². The molecule has 18 heavy (non-hydrogen) atoms. The first-order valence-corrected chi connectivity index (χ1v) is 6.51. The zero-order valence-electron chi connectivity index (χ0n) is 10.5. The van der Waals surface area contributed by atoms with Crippen molar-refractivity contribution in [3.8, 4) is 0 Å². The number of allylic oxidation sites excluding steroid dienone is 1. The molecule has 0 N–H and O–H groups in total. The van der Waals surface area contributed by atoms with Crippen LogP contribution in [-0.2, 0) is 4.79 Å². The first-order valence-electron chi connectivity index (χ1n) is 6.13. The molecule has 0 spiro atoms. The van der Waals surface area contributed by atoms with Gasteiger partial charge in [0.1, 0.15) is 0 Å². The van der Waals surface area contributed by atoms with Crippen LogP contribution in [0.15, 0.2) is 36.4 Å². The number of rotatable bonds is 2. The van der Waals surface area contributed by atoms with Crippen LogP contribution < -0.4 is 4.90 Å². The van der Waals surface area contributed by atoms with Gasteiger partial charge < -0.3 is 9.80 Å². The maximum Gasteiger partial charge on any atom is 0.246 e. The molecule has 1 aliphatic heterocycles. The van der Waals surface area contributed by atoms with Gasteiger partial charge in [-0.2, -0.15) is 0 Å². The lowest BCUT2D eigenvalue weighted by atomic mass is 10.2. The third-order valence-corrected chi connectivity index (χ3v) is 3.41. The number of hydrogen-bond acceptors (Lipinski definition) is 2. The van der Waals surface area contributed by atoms with Gasteiger partial charge in [-0.25, -0.2) is 0 Å². The summed E-state index contributed by atoms with van der Waals surface area (Å²) in [6, 6.07) is 7.83. The van der Waals surface area contributed by atoms with Gasteiger partial charge in [0.15, 0.2) is 0 Å². The van der Waals surface area contributed by atoms with Crippen molar-refractivity contribution in [1.29, 1.82) is 0 Å². The van der Waals surface area contributed by atoms with Gasteiger partial charge in [0.05, 0.1) is 10.7 Å². The van der Waals surface area contributed by atoms with Crippen LogP contribution in [0.5, 0.6) is 0 Å². The van der Waals surface area contributed by atoms with Crippen molar-refractivity contribution in [1.82, 2.24) is 4.90 Å². The molecule has 0 radical (unpaired) electrons. The second kappa shape index (κ2) is 5.91. The summed E-state index contributed by atoms with van der Waals surface area (Å²) in [5.41, 5.74) is 1.05. The monoisotopic (exact) mass is 264 g/mol. The lowest BCUT2D eigenvalue weighted by Crippen LogP contribution is -2.48. The Morgan fingerprint density at radius 3 is 2.50 bits per heavy atom. The highest BCUT2D eigenvalue weighted by molar-refractivity contribution is 6.33. The molecular formula is C14H17ClN2O. The summed E-state index contributed by atoms with van der Waals surface area (Å²) in [4.78, 5) is 15.8. The number of amides is 1. The van der Waals surface area contributed by atoms with Gasteiger partial charge >= 0.3 is 0 Å². The fourth-order valence-electron chi connectivity index (χ4n) is 2.12. The minimum Gasteiger partial charge on any atom is -0.367 e. The minimum atomic E-state index is 0.0938. The number of hydrogen-bond donors (Lipinski definition) is 0. The van der Waals surface area contributed by atoms with Gasteiger partial charge in [-0.3, -0.25) is 4.79 Å². The van der Waals surface area contributed by atoms with E-state index in [2.05, 4.69) is 4.90 Å². The highest BCUT2D eigenvalue weighted by Crippen LogP contribution is 2.25. The number of piperazine rings is 1. The predicted octanol–water partition coefficient (Wildman–Crippen LogP) is 2.56. The topological polar surface area (TPSA) is 23.6 Å². The van der Waals surface area contributed by atoms with E-state index in [0.717, 1.165) is 36.9 Å². The highest BCUT2D eigenvalue weighted by Gasteiger charge is 2.20. The van der Waals surface area contributed by atoms with Crippen LogP contribution in [-0.4, -0.2) is 37.0 Å². The first-order chi connectivity index (χ1) is 8.72. The Morgan fingerprint density at radius 1 is 1.22 bits per heavy atom. The summed E-state index contributed by atoms with van der Waals surface area (Å²) in [5.74, 6) is 0.0938. The molecule has 0 saturated carbocycles. The fourth-order valence-corrected chi connectivity index (χ4v) is 2.38. The predicted molar refractivity (Wildman–Crippen MR) is 75.1 cm³/mol. The Bertz CT molecular complexity index is 451. The summed E-state index contributed by atoms with van der Waals surface area (Å²) < 4.78 is 0. The van der Waals surface area contributed by atoms with Crippen LogP contribution in [0.1, 0.15) is 6.92 Å². The van der Waals surface area contributed by atoms with E-state index in [9.17, 15) is 4.79 Å². The van der Waals surface area contributed by atoms with Crippen LogP contribution >= 0.6 is 11.6 Å². The SMILES string of the molecule is CC=CC(=O)N1CCN(c2ccccc2Cl)CC1. The Balaban J connectivity index is 1.99. The number of benzene rings is 1. The molecule has 1 aromatic rings. The third kappa shape index (κ3) is 2.85. The number of para-hydroxylation sites is 1. The molecule has 0 bridgehead atoms. The second-order valence-electron chi connectivity index (χ2n) is 4.26.